The van der Waals surface area contributed by atoms with E-state index in [-0.39, 0.29) is 0 Å². The lowest BCUT2D eigenvalue weighted by atomic mass is 10.0. The van der Waals surface area contributed by atoms with E-state index in [9.17, 15) is 0 Å². The largest absolute Gasteiger partial charge is 0.452 e. The number of thiophene rings is 1. The van der Waals surface area contributed by atoms with Crippen molar-refractivity contribution in [3.05, 3.63) is 164 Å². The summed E-state index contributed by atoms with van der Waals surface area (Å²) in [5, 5.41) is 5.90. The zero-order chi connectivity index (χ0) is 33.5. The zero-order valence-electron chi connectivity index (χ0n) is 27.2. The highest BCUT2D eigenvalue weighted by Gasteiger charge is 2.22. The van der Waals surface area contributed by atoms with Crippen molar-refractivity contribution in [3.8, 4) is 39.5 Å². The molecule has 4 nitrogen and oxygen atoms in total. The predicted octanol–water partition coefficient (Wildman–Crippen LogP) is 12.8. The van der Waals surface area contributed by atoms with Crippen molar-refractivity contribution in [1.29, 1.82) is 0 Å². The first kappa shape index (κ1) is 28.3. The molecule has 4 aromatic heterocycles. The number of para-hydroxylation sites is 2. The van der Waals surface area contributed by atoms with Crippen LogP contribution in [0.1, 0.15) is 0 Å². The van der Waals surface area contributed by atoms with Crippen LogP contribution in [-0.2, 0) is 0 Å². The number of aromatic nitrogens is 3. The van der Waals surface area contributed by atoms with Gasteiger partial charge in [0.25, 0.3) is 0 Å². The maximum absolute atomic E-state index is 6.70. The highest BCUT2D eigenvalue weighted by molar-refractivity contribution is 7.26. The van der Waals surface area contributed by atoms with Crippen molar-refractivity contribution in [1.82, 2.24) is 14.5 Å². The van der Waals surface area contributed by atoms with E-state index >= 15 is 0 Å². The third-order valence-electron chi connectivity index (χ3n) is 10.0. The fourth-order valence-corrected chi connectivity index (χ4v) is 8.88. The molecule has 0 amide bonds. The van der Waals surface area contributed by atoms with Gasteiger partial charge >= 0.3 is 0 Å². The number of rotatable bonds is 4. The van der Waals surface area contributed by atoms with Crippen LogP contribution in [0.25, 0.3) is 104 Å². The lowest BCUT2D eigenvalue weighted by Crippen LogP contribution is -1.94. The standard InChI is InChI=1S/C46H27N3OS/c1-3-12-28(13-4-1)46-47-42(35-19-11-18-34-33-17-8-10-21-41(33)51-45(34)35)44-43(48-46)37-27-30(23-25-40(37)50-44)29-22-24-39-36(26-29)32-16-7-9-20-38(32)49(39)31-14-5-2-6-15-31/h1-27H. The molecule has 51 heavy (non-hydrogen) atoms. The minimum absolute atomic E-state index is 0.680. The molecular formula is C46H27N3OS. The maximum Gasteiger partial charge on any atom is 0.180 e. The molecule has 0 atom stereocenters. The van der Waals surface area contributed by atoms with Gasteiger partial charge in [0.15, 0.2) is 11.4 Å². The van der Waals surface area contributed by atoms with E-state index in [0.717, 1.165) is 50.1 Å². The molecule has 0 saturated heterocycles. The van der Waals surface area contributed by atoms with Gasteiger partial charge in [-0.3, -0.25) is 0 Å². The highest BCUT2D eigenvalue weighted by atomic mass is 32.1. The number of nitrogens with zero attached hydrogens (tertiary/aromatic N) is 3. The quantitative estimate of drug-likeness (QED) is 0.187. The summed E-state index contributed by atoms with van der Waals surface area (Å²) in [7, 11) is 0. The van der Waals surface area contributed by atoms with Crippen LogP contribution in [0.15, 0.2) is 168 Å². The molecule has 7 aromatic carbocycles. The number of fused-ring (bicyclic) bond motifs is 9. The summed E-state index contributed by atoms with van der Waals surface area (Å²) < 4.78 is 11.5. The monoisotopic (exact) mass is 669 g/mol. The van der Waals surface area contributed by atoms with Gasteiger partial charge in [-0.25, -0.2) is 9.97 Å². The molecular weight excluding hydrogens is 643 g/mol. The van der Waals surface area contributed by atoms with Crippen LogP contribution in [0.2, 0.25) is 0 Å². The average Bonchev–Trinajstić information content (AvgIpc) is 3.87. The molecule has 0 aliphatic rings. The molecule has 4 heterocycles. The molecule has 0 aliphatic carbocycles. The Morgan fingerprint density at radius 3 is 2.04 bits per heavy atom. The molecule has 0 aliphatic heterocycles. The van der Waals surface area contributed by atoms with Gasteiger partial charge < -0.3 is 8.98 Å². The summed E-state index contributed by atoms with van der Waals surface area (Å²) in [6.45, 7) is 0. The van der Waals surface area contributed by atoms with Crippen LogP contribution in [-0.4, -0.2) is 14.5 Å². The van der Waals surface area contributed by atoms with Gasteiger partial charge in [0.2, 0.25) is 0 Å². The minimum atomic E-state index is 0.680. The molecule has 11 rings (SSSR count). The molecule has 238 valence electrons. The Labute approximate surface area is 296 Å². The summed E-state index contributed by atoms with van der Waals surface area (Å²) in [4.78, 5) is 10.4. The second kappa shape index (κ2) is 11.0. The molecule has 0 bridgehead atoms. The molecule has 0 saturated carbocycles. The summed E-state index contributed by atoms with van der Waals surface area (Å²) in [5.74, 6) is 0.680. The van der Waals surface area contributed by atoms with Crippen LogP contribution in [0, 0.1) is 0 Å². The van der Waals surface area contributed by atoms with E-state index in [0.29, 0.717) is 11.4 Å². The lowest BCUT2D eigenvalue weighted by molar-refractivity contribution is 0.667. The van der Waals surface area contributed by atoms with Crippen molar-refractivity contribution in [2.24, 2.45) is 0 Å². The van der Waals surface area contributed by atoms with Crippen LogP contribution in [0.4, 0.5) is 0 Å². The smallest absolute Gasteiger partial charge is 0.180 e. The molecule has 5 heteroatoms. The molecule has 0 fully saturated rings. The number of benzene rings is 7. The second-order valence-corrected chi connectivity index (χ2v) is 14.0. The van der Waals surface area contributed by atoms with E-state index in [1.807, 2.05) is 18.2 Å². The lowest BCUT2D eigenvalue weighted by Gasteiger charge is -2.08. The zero-order valence-corrected chi connectivity index (χ0v) is 28.1. The van der Waals surface area contributed by atoms with E-state index in [1.54, 1.807) is 11.3 Å². The number of furan rings is 1. The van der Waals surface area contributed by atoms with Crippen LogP contribution in [0.5, 0.6) is 0 Å². The first-order valence-corrected chi connectivity index (χ1v) is 17.9. The summed E-state index contributed by atoms with van der Waals surface area (Å²) >= 11 is 1.80. The SMILES string of the molecule is c1ccc(-c2nc(-c3cccc4c3sc3ccccc34)c3oc4ccc(-c5ccc6c(c5)c5ccccc5n6-c5ccccc5)cc4c3n2)cc1. The summed E-state index contributed by atoms with van der Waals surface area (Å²) in [6, 6.07) is 57.8. The van der Waals surface area contributed by atoms with Gasteiger partial charge in [-0.1, -0.05) is 115 Å². The maximum atomic E-state index is 6.70. The van der Waals surface area contributed by atoms with Gasteiger partial charge in [-0.2, -0.15) is 0 Å². The Balaban J connectivity index is 1.14. The second-order valence-electron chi connectivity index (χ2n) is 13.0. The molecule has 0 spiro atoms. The summed E-state index contributed by atoms with van der Waals surface area (Å²) in [5.41, 5.74) is 10.9. The highest BCUT2D eigenvalue weighted by Crippen LogP contribution is 2.44. The first-order valence-electron chi connectivity index (χ1n) is 17.1. The third kappa shape index (κ3) is 4.32. The van der Waals surface area contributed by atoms with Crippen LogP contribution >= 0.6 is 11.3 Å². The van der Waals surface area contributed by atoms with Crippen molar-refractivity contribution in [2.45, 2.75) is 0 Å². The van der Waals surface area contributed by atoms with Crippen molar-refractivity contribution in [2.75, 3.05) is 0 Å². The average molecular weight is 670 g/mol. The van der Waals surface area contributed by atoms with Crippen molar-refractivity contribution < 1.29 is 4.42 Å². The van der Waals surface area contributed by atoms with Crippen LogP contribution in [0.3, 0.4) is 0 Å². The Morgan fingerprint density at radius 2 is 1.18 bits per heavy atom. The number of hydrogen-bond acceptors (Lipinski definition) is 4. The third-order valence-corrected chi connectivity index (χ3v) is 11.2. The van der Waals surface area contributed by atoms with Crippen LogP contribution < -0.4 is 0 Å². The topological polar surface area (TPSA) is 43.9 Å². The minimum Gasteiger partial charge on any atom is -0.452 e. The van der Waals surface area contributed by atoms with Gasteiger partial charge in [-0.15, -0.1) is 11.3 Å². The normalized spacial score (nSPS) is 11.9. The van der Waals surface area contributed by atoms with E-state index in [1.165, 1.54) is 42.0 Å². The molecule has 0 unspecified atom stereocenters. The van der Waals surface area contributed by atoms with Crippen molar-refractivity contribution in [3.63, 3.8) is 0 Å². The fourth-order valence-electron chi connectivity index (χ4n) is 7.66. The van der Waals surface area contributed by atoms with E-state index in [4.69, 9.17) is 14.4 Å². The predicted molar refractivity (Wildman–Crippen MR) is 213 cm³/mol. The Kier molecular flexibility index (Phi) is 6.09. The van der Waals surface area contributed by atoms with Gasteiger partial charge in [0.05, 0.1) is 11.0 Å². The van der Waals surface area contributed by atoms with Gasteiger partial charge in [0, 0.05) is 53.1 Å². The van der Waals surface area contributed by atoms with E-state index in [2.05, 4.69) is 150 Å². The van der Waals surface area contributed by atoms with Gasteiger partial charge in [-0.05, 0) is 59.7 Å². The summed E-state index contributed by atoms with van der Waals surface area (Å²) in [6.07, 6.45) is 0. The van der Waals surface area contributed by atoms with E-state index < -0.39 is 0 Å². The molecule has 0 radical (unpaired) electrons. The fraction of sp³-hybridized carbons (Fsp3) is 0. The van der Waals surface area contributed by atoms with Crippen molar-refractivity contribution >= 4 is 75.4 Å². The Bertz CT molecular complexity index is 3140. The molecule has 11 aromatic rings. The number of hydrogen-bond donors (Lipinski definition) is 0. The van der Waals surface area contributed by atoms with Gasteiger partial charge in [0.1, 0.15) is 16.8 Å². The Morgan fingerprint density at radius 1 is 0.490 bits per heavy atom. The molecule has 0 N–H and O–H groups in total. The Hall–Kier alpha value is -6.56. The first-order chi connectivity index (χ1) is 25.3.